The molecule has 1 aromatic rings. The molecule has 8 heteroatoms. The van der Waals surface area contributed by atoms with Crippen molar-refractivity contribution in [3.63, 3.8) is 0 Å². The molecule has 1 heterocycles. The maximum atomic E-state index is 11.9. The van der Waals surface area contributed by atoms with E-state index in [2.05, 4.69) is 26.9 Å². The average Bonchev–Trinajstić information content (AvgIpc) is 2.41. The summed E-state index contributed by atoms with van der Waals surface area (Å²) < 4.78 is 31.3. The third-order valence-corrected chi connectivity index (χ3v) is 4.05. The number of unbranched alkanes of at least 4 members (excludes halogenated alkanes) is 1. The van der Waals surface area contributed by atoms with Gasteiger partial charge in [-0.1, -0.05) is 6.92 Å². The number of aromatic nitrogens is 2. The zero-order valence-corrected chi connectivity index (χ0v) is 13.7. The van der Waals surface area contributed by atoms with Crippen LogP contribution in [0.4, 0.5) is 5.95 Å². The van der Waals surface area contributed by atoms with Crippen molar-refractivity contribution in [2.45, 2.75) is 33.1 Å². The average molecular weight is 316 g/mol. The van der Waals surface area contributed by atoms with Crippen molar-refractivity contribution < 1.29 is 13.2 Å². The molecule has 0 saturated carbocycles. The monoisotopic (exact) mass is 316 g/mol. The highest BCUT2D eigenvalue weighted by Crippen LogP contribution is 2.12. The Morgan fingerprint density at radius 1 is 1.24 bits per heavy atom. The third kappa shape index (κ3) is 7.24. The van der Waals surface area contributed by atoms with Crippen LogP contribution in [0.3, 0.4) is 0 Å². The van der Waals surface area contributed by atoms with Crippen molar-refractivity contribution >= 4 is 16.0 Å². The second-order valence-corrected chi connectivity index (χ2v) is 6.60. The maximum Gasteiger partial charge on any atom is 0.240 e. The van der Waals surface area contributed by atoms with Crippen LogP contribution in [0.1, 0.15) is 31.9 Å². The van der Waals surface area contributed by atoms with Crippen molar-refractivity contribution in [1.29, 1.82) is 0 Å². The first kappa shape index (κ1) is 17.6. The summed E-state index contributed by atoms with van der Waals surface area (Å²) in [6, 6.07) is 1.64. The van der Waals surface area contributed by atoms with Crippen molar-refractivity contribution in [1.82, 2.24) is 15.3 Å². The zero-order valence-electron chi connectivity index (χ0n) is 12.8. The lowest BCUT2D eigenvalue weighted by Gasteiger charge is -2.08. The largest absolute Gasteiger partial charge is 0.481 e. The number of hydrogen-bond acceptors (Lipinski definition) is 6. The first-order chi connectivity index (χ1) is 9.96. The van der Waals surface area contributed by atoms with E-state index in [4.69, 9.17) is 4.74 Å². The summed E-state index contributed by atoms with van der Waals surface area (Å²) in [6.45, 7) is 5.64. The normalized spacial score (nSPS) is 11.4. The van der Waals surface area contributed by atoms with Gasteiger partial charge in [0.2, 0.25) is 21.9 Å². The van der Waals surface area contributed by atoms with Crippen LogP contribution < -0.4 is 14.8 Å². The molecule has 0 bridgehead atoms. The lowest BCUT2D eigenvalue weighted by molar-refractivity contribution is 0.397. The fraction of sp³-hybridized carbons (Fsp3) is 0.692. The van der Waals surface area contributed by atoms with Crippen molar-refractivity contribution in [2.75, 3.05) is 30.7 Å². The number of aryl methyl sites for hydroxylation is 1. The molecule has 0 amide bonds. The lowest BCUT2D eigenvalue weighted by Crippen LogP contribution is -2.21. The van der Waals surface area contributed by atoms with Gasteiger partial charge < -0.3 is 10.1 Å². The van der Waals surface area contributed by atoms with Crippen LogP contribution in [0, 0.1) is 6.92 Å². The fourth-order valence-corrected chi connectivity index (χ4v) is 2.78. The molecule has 0 aliphatic heterocycles. The molecule has 0 aromatic carbocycles. The standard InChI is InChI=1S/C13H24N4O3S/c1-4-7-14-8-5-6-9-21(18,19)17-13-15-11(2)10-12(16-13)20-3/h10,14H,4-9H2,1-3H3,(H,15,16,17). The van der Waals surface area contributed by atoms with Crippen LogP contribution in [-0.4, -0.2) is 44.3 Å². The van der Waals surface area contributed by atoms with Gasteiger partial charge in [-0.2, -0.15) is 4.98 Å². The van der Waals surface area contributed by atoms with Crippen LogP contribution in [0.25, 0.3) is 0 Å². The van der Waals surface area contributed by atoms with Gasteiger partial charge in [-0.05, 0) is 39.3 Å². The van der Waals surface area contributed by atoms with Gasteiger partial charge in [0, 0.05) is 11.8 Å². The molecule has 1 rings (SSSR count). The van der Waals surface area contributed by atoms with Gasteiger partial charge in [-0.3, -0.25) is 4.72 Å². The highest BCUT2D eigenvalue weighted by molar-refractivity contribution is 7.92. The smallest absolute Gasteiger partial charge is 0.240 e. The van der Waals surface area contributed by atoms with E-state index in [-0.39, 0.29) is 11.7 Å². The summed E-state index contributed by atoms with van der Waals surface area (Å²) in [5, 5.41) is 3.24. The summed E-state index contributed by atoms with van der Waals surface area (Å²) >= 11 is 0. The number of hydrogen-bond donors (Lipinski definition) is 2. The van der Waals surface area contributed by atoms with Gasteiger partial charge in [-0.25, -0.2) is 13.4 Å². The molecule has 0 aliphatic rings. The number of nitrogens with one attached hydrogen (secondary N) is 2. The van der Waals surface area contributed by atoms with Crippen LogP contribution in [0.15, 0.2) is 6.07 Å². The summed E-state index contributed by atoms with van der Waals surface area (Å²) in [5.41, 5.74) is 0.642. The lowest BCUT2D eigenvalue weighted by atomic mass is 10.3. The molecule has 0 fully saturated rings. The summed E-state index contributed by atoms with van der Waals surface area (Å²) in [4.78, 5) is 8.01. The summed E-state index contributed by atoms with van der Waals surface area (Å²) in [7, 11) is -1.95. The highest BCUT2D eigenvalue weighted by atomic mass is 32.2. The Balaban J connectivity index is 2.47. The Kier molecular flexibility index (Phi) is 7.38. The molecule has 0 spiro atoms. The van der Waals surface area contributed by atoms with Gasteiger partial charge in [0.1, 0.15) is 0 Å². The minimum Gasteiger partial charge on any atom is -0.481 e. The summed E-state index contributed by atoms with van der Waals surface area (Å²) in [5.74, 6) is 0.445. The maximum absolute atomic E-state index is 11.9. The van der Waals surface area contributed by atoms with Gasteiger partial charge in [0.25, 0.3) is 0 Å². The number of anilines is 1. The van der Waals surface area contributed by atoms with E-state index in [1.807, 2.05) is 0 Å². The van der Waals surface area contributed by atoms with E-state index in [1.165, 1.54) is 7.11 Å². The molecule has 1 aromatic heterocycles. The number of ether oxygens (including phenoxy) is 1. The predicted molar refractivity (Wildman–Crippen MR) is 83.1 cm³/mol. The Bertz CT molecular complexity index is 534. The van der Waals surface area contributed by atoms with Crippen molar-refractivity contribution in [3.8, 4) is 5.88 Å². The molecule has 0 saturated heterocycles. The third-order valence-electron chi connectivity index (χ3n) is 2.73. The Morgan fingerprint density at radius 2 is 2.00 bits per heavy atom. The van der Waals surface area contributed by atoms with Crippen LogP contribution in [0.2, 0.25) is 0 Å². The molecule has 0 atom stereocenters. The molecular weight excluding hydrogens is 292 g/mol. The van der Waals surface area contributed by atoms with Gasteiger partial charge >= 0.3 is 0 Å². The molecule has 2 N–H and O–H groups in total. The zero-order chi connectivity index (χ0) is 15.7. The van der Waals surface area contributed by atoms with Crippen LogP contribution in [0.5, 0.6) is 5.88 Å². The van der Waals surface area contributed by atoms with E-state index in [1.54, 1.807) is 13.0 Å². The van der Waals surface area contributed by atoms with Crippen LogP contribution in [-0.2, 0) is 10.0 Å². The molecular formula is C13H24N4O3S. The number of methoxy groups -OCH3 is 1. The van der Waals surface area contributed by atoms with Crippen molar-refractivity contribution in [3.05, 3.63) is 11.8 Å². The number of rotatable bonds is 10. The molecule has 0 unspecified atom stereocenters. The van der Waals surface area contributed by atoms with E-state index < -0.39 is 10.0 Å². The summed E-state index contributed by atoms with van der Waals surface area (Å²) in [6.07, 6.45) is 2.49. The topological polar surface area (TPSA) is 93.2 Å². The Morgan fingerprint density at radius 3 is 2.67 bits per heavy atom. The SMILES string of the molecule is CCCNCCCCS(=O)(=O)Nc1nc(C)cc(OC)n1. The molecule has 21 heavy (non-hydrogen) atoms. The first-order valence-corrected chi connectivity index (χ1v) is 8.73. The van der Waals surface area contributed by atoms with E-state index in [0.29, 0.717) is 18.0 Å². The van der Waals surface area contributed by atoms with Crippen molar-refractivity contribution in [2.24, 2.45) is 0 Å². The first-order valence-electron chi connectivity index (χ1n) is 7.07. The Labute approximate surface area is 126 Å². The van der Waals surface area contributed by atoms with E-state index in [9.17, 15) is 8.42 Å². The van der Waals surface area contributed by atoms with Crippen LogP contribution >= 0.6 is 0 Å². The van der Waals surface area contributed by atoms with Gasteiger partial charge in [0.15, 0.2) is 0 Å². The molecule has 7 nitrogen and oxygen atoms in total. The number of sulfonamides is 1. The second kappa shape index (κ2) is 8.78. The van der Waals surface area contributed by atoms with Gasteiger partial charge in [-0.15, -0.1) is 0 Å². The minimum absolute atomic E-state index is 0.0518. The molecule has 0 radical (unpaired) electrons. The molecule has 0 aliphatic carbocycles. The van der Waals surface area contributed by atoms with E-state index >= 15 is 0 Å². The molecule has 120 valence electrons. The minimum atomic E-state index is -3.43. The van der Waals surface area contributed by atoms with E-state index in [0.717, 1.165) is 25.9 Å². The van der Waals surface area contributed by atoms with Gasteiger partial charge in [0.05, 0.1) is 12.9 Å². The highest BCUT2D eigenvalue weighted by Gasteiger charge is 2.13. The number of nitrogens with zero attached hydrogens (tertiary/aromatic N) is 2. The predicted octanol–water partition coefficient (Wildman–Crippen LogP) is 1.32. The fourth-order valence-electron chi connectivity index (χ4n) is 1.72. The Hall–Kier alpha value is -1.41. The quantitative estimate of drug-likeness (QED) is 0.632. The second-order valence-electron chi connectivity index (χ2n) is 4.75.